The Bertz CT molecular complexity index is 778. The SMILES string of the molecule is Oc1oc(-c2ccc3c(c2)OCO3)c2ncccc12. The van der Waals surface area contributed by atoms with Gasteiger partial charge in [0.15, 0.2) is 17.3 Å². The van der Waals surface area contributed by atoms with E-state index in [-0.39, 0.29) is 12.7 Å². The van der Waals surface area contributed by atoms with Gasteiger partial charge in [-0.1, -0.05) is 0 Å². The molecular weight excluding hydrogens is 246 g/mol. The Morgan fingerprint density at radius 3 is 2.95 bits per heavy atom. The molecule has 0 saturated heterocycles. The van der Waals surface area contributed by atoms with Crippen LogP contribution >= 0.6 is 0 Å². The number of aromatic hydroxyl groups is 1. The van der Waals surface area contributed by atoms with Crippen molar-refractivity contribution >= 4 is 10.9 Å². The molecule has 3 heterocycles. The molecule has 1 aliphatic rings. The lowest BCUT2D eigenvalue weighted by atomic mass is 10.1. The molecule has 5 heteroatoms. The molecule has 5 nitrogen and oxygen atoms in total. The van der Waals surface area contributed by atoms with Crippen LogP contribution in [0.1, 0.15) is 0 Å². The number of pyridine rings is 1. The molecule has 0 aliphatic carbocycles. The van der Waals surface area contributed by atoms with E-state index in [1.165, 1.54) is 0 Å². The number of nitrogens with zero attached hydrogens (tertiary/aromatic N) is 1. The van der Waals surface area contributed by atoms with Crippen LogP contribution < -0.4 is 9.47 Å². The second-order valence-corrected chi connectivity index (χ2v) is 4.20. The highest BCUT2D eigenvalue weighted by Gasteiger charge is 2.19. The van der Waals surface area contributed by atoms with Crippen molar-refractivity contribution < 1.29 is 19.0 Å². The van der Waals surface area contributed by atoms with E-state index in [0.29, 0.717) is 28.2 Å². The van der Waals surface area contributed by atoms with E-state index in [2.05, 4.69) is 4.98 Å². The second-order valence-electron chi connectivity index (χ2n) is 4.20. The summed E-state index contributed by atoms with van der Waals surface area (Å²) >= 11 is 0. The zero-order chi connectivity index (χ0) is 12.8. The van der Waals surface area contributed by atoms with Gasteiger partial charge < -0.3 is 19.0 Å². The van der Waals surface area contributed by atoms with Crippen LogP contribution in [0, 0.1) is 0 Å². The van der Waals surface area contributed by atoms with Gasteiger partial charge in [-0.3, -0.25) is 4.98 Å². The Balaban J connectivity index is 1.95. The fraction of sp³-hybridized carbons (Fsp3) is 0.0714. The van der Waals surface area contributed by atoms with Gasteiger partial charge in [0, 0.05) is 11.8 Å². The van der Waals surface area contributed by atoms with E-state index in [0.717, 1.165) is 5.56 Å². The molecule has 0 amide bonds. The molecule has 0 fully saturated rings. The monoisotopic (exact) mass is 255 g/mol. The predicted octanol–water partition coefficient (Wildman–Crippen LogP) is 2.93. The van der Waals surface area contributed by atoms with Gasteiger partial charge in [0.1, 0.15) is 5.52 Å². The zero-order valence-corrected chi connectivity index (χ0v) is 9.79. The number of fused-ring (bicyclic) bond motifs is 2. The van der Waals surface area contributed by atoms with Gasteiger partial charge in [-0.2, -0.15) is 0 Å². The maximum absolute atomic E-state index is 9.78. The molecule has 0 radical (unpaired) electrons. The molecule has 0 bridgehead atoms. The maximum atomic E-state index is 9.78. The van der Waals surface area contributed by atoms with Crippen molar-refractivity contribution in [1.82, 2.24) is 4.98 Å². The number of aromatic nitrogens is 1. The zero-order valence-electron chi connectivity index (χ0n) is 9.79. The molecule has 0 spiro atoms. The summed E-state index contributed by atoms with van der Waals surface area (Å²) in [6.45, 7) is 0.223. The molecule has 2 aromatic heterocycles. The van der Waals surface area contributed by atoms with Crippen molar-refractivity contribution in [2.75, 3.05) is 6.79 Å². The molecule has 0 atom stereocenters. The van der Waals surface area contributed by atoms with E-state index in [1.807, 2.05) is 18.2 Å². The van der Waals surface area contributed by atoms with Crippen LogP contribution in [0.2, 0.25) is 0 Å². The number of hydrogen-bond acceptors (Lipinski definition) is 5. The van der Waals surface area contributed by atoms with Crippen molar-refractivity contribution in [3.8, 4) is 28.8 Å². The van der Waals surface area contributed by atoms with Gasteiger partial charge in [-0.15, -0.1) is 0 Å². The minimum absolute atomic E-state index is 0.129. The van der Waals surface area contributed by atoms with E-state index in [1.54, 1.807) is 18.3 Å². The molecule has 3 aromatic rings. The first kappa shape index (κ1) is 10.3. The average Bonchev–Trinajstić information content (AvgIpc) is 3.03. The minimum atomic E-state index is -0.129. The van der Waals surface area contributed by atoms with Crippen LogP contribution in [0.15, 0.2) is 40.9 Å². The third kappa shape index (κ3) is 1.45. The van der Waals surface area contributed by atoms with Crippen molar-refractivity contribution in [3.05, 3.63) is 36.5 Å². The Kier molecular flexibility index (Phi) is 1.97. The third-order valence-corrected chi connectivity index (χ3v) is 3.09. The summed E-state index contributed by atoms with van der Waals surface area (Å²) in [5.74, 6) is 1.76. The van der Waals surface area contributed by atoms with Crippen molar-refractivity contribution in [3.63, 3.8) is 0 Å². The molecular formula is C14H9NO4. The molecule has 0 saturated carbocycles. The van der Waals surface area contributed by atoms with Crippen LogP contribution in [-0.4, -0.2) is 16.9 Å². The largest absolute Gasteiger partial charge is 0.480 e. The van der Waals surface area contributed by atoms with E-state index in [9.17, 15) is 5.11 Å². The van der Waals surface area contributed by atoms with Gasteiger partial charge in [0.05, 0.1) is 5.39 Å². The van der Waals surface area contributed by atoms with Crippen molar-refractivity contribution in [2.24, 2.45) is 0 Å². The Morgan fingerprint density at radius 2 is 2.00 bits per heavy atom. The highest BCUT2D eigenvalue weighted by Crippen LogP contribution is 2.40. The normalized spacial score (nSPS) is 13.1. The molecule has 0 unspecified atom stereocenters. The van der Waals surface area contributed by atoms with Gasteiger partial charge in [0.25, 0.3) is 5.95 Å². The smallest absolute Gasteiger partial charge is 0.292 e. The Hall–Kier alpha value is -2.69. The molecule has 1 N–H and O–H groups in total. The first-order valence-corrected chi connectivity index (χ1v) is 5.79. The number of ether oxygens (including phenoxy) is 2. The lowest BCUT2D eigenvalue weighted by Gasteiger charge is -2.00. The van der Waals surface area contributed by atoms with E-state index < -0.39 is 0 Å². The predicted molar refractivity (Wildman–Crippen MR) is 67.2 cm³/mol. The number of hydrogen-bond donors (Lipinski definition) is 1. The van der Waals surface area contributed by atoms with Gasteiger partial charge in [-0.05, 0) is 30.3 Å². The van der Waals surface area contributed by atoms with Gasteiger partial charge >= 0.3 is 0 Å². The second kappa shape index (κ2) is 3.65. The summed E-state index contributed by atoms with van der Waals surface area (Å²) < 4.78 is 16.0. The molecule has 19 heavy (non-hydrogen) atoms. The van der Waals surface area contributed by atoms with Crippen molar-refractivity contribution in [2.45, 2.75) is 0 Å². The van der Waals surface area contributed by atoms with E-state index >= 15 is 0 Å². The summed E-state index contributed by atoms with van der Waals surface area (Å²) in [4.78, 5) is 4.25. The number of rotatable bonds is 1. The molecule has 94 valence electrons. The highest BCUT2D eigenvalue weighted by atomic mass is 16.7. The number of furan rings is 1. The van der Waals surface area contributed by atoms with Crippen LogP contribution in [0.3, 0.4) is 0 Å². The van der Waals surface area contributed by atoms with Crippen molar-refractivity contribution in [1.29, 1.82) is 0 Å². The summed E-state index contributed by atoms with van der Waals surface area (Å²) in [5.41, 5.74) is 1.41. The highest BCUT2D eigenvalue weighted by molar-refractivity contribution is 5.94. The third-order valence-electron chi connectivity index (χ3n) is 3.09. The first-order valence-electron chi connectivity index (χ1n) is 5.79. The van der Waals surface area contributed by atoms with E-state index in [4.69, 9.17) is 13.9 Å². The number of benzene rings is 1. The fourth-order valence-corrected chi connectivity index (χ4v) is 2.19. The summed E-state index contributed by atoms with van der Waals surface area (Å²) in [7, 11) is 0. The topological polar surface area (TPSA) is 64.7 Å². The molecule has 4 rings (SSSR count). The van der Waals surface area contributed by atoms with Crippen LogP contribution in [0.5, 0.6) is 17.4 Å². The minimum Gasteiger partial charge on any atom is -0.480 e. The lowest BCUT2D eigenvalue weighted by molar-refractivity contribution is 0.174. The summed E-state index contributed by atoms with van der Waals surface area (Å²) in [5, 5.41) is 10.4. The molecule has 1 aromatic carbocycles. The maximum Gasteiger partial charge on any atom is 0.292 e. The fourth-order valence-electron chi connectivity index (χ4n) is 2.19. The Morgan fingerprint density at radius 1 is 1.11 bits per heavy atom. The Labute approximate surface area is 108 Å². The average molecular weight is 255 g/mol. The van der Waals surface area contributed by atoms with Gasteiger partial charge in [-0.25, -0.2) is 0 Å². The van der Waals surface area contributed by atoms with Crippen LogP contribution in [0.25, 0.3) is 22.2 Å². The van der Waals surface area contributed by atoms with Gasteiger partial charge in [0.2, 0.25) is 6.79 Å². The summed E-state index contributed by atoms with van der Waals surface area (Å²) in [6.07, 6.45) is 1.66. The van der Waals surface area contributed by atoms with Crippen LogP contribution in [0.4, 0.5) is 0 Å². The quantitative estimate of drug-likeness (QED) is 0.724. The standard InChI is InChI=1S/C14H9NO4/c16-14-9-2-1-5-15-12(9)13(19-14)8-3-4-10-11(6-8)18-7-17-10/h1-6,16H,7H2. The first-order chi connectivity index (χ1) is 9.33. The lowest BCUT2D eigenvalue weighted by Crippen LogP contribution is -1.92. The van der Waals surface area contributed by atoms with Crippen LogP contribution in [-0.2, 0) is 0 Å². The molecule has 1 aliphatic heterocycles. The summed E-state index contributed by atoms with van der Waals surface area (Å²) in [6, 6.07) is 8.99.